The van der Waals surface area contributed by atoms with Gasteiger partial charge in [-0.25, -0.2) is 15.0 Å². The molecule has 0 atom stereocenters. The number of aromatic nitrogens is 3. The summed E-state index contributed by atoms with van der Waals surface area (Å²) in [5, 5.41) is 2.62. The van der Waals surface area contributed by atoms with E-state index in [4.69, 9.17) is 17.3 Å². The maximum Gasteiger partial charge on any atom is 0.417 e. The van der Waals surface area contributed by atoms with E-state index in [1.54, 1.807) is 0 Å². The summed E-state index contributed by atoms with van der Waals surface area (Å²) in [6.07, 6.45) is -2.47. The standard InChI is InChI=1S/C16H19ClF3N7/c1-2-26-3-5-27(6-4-26)15-12(21)14(23-9-24-15)25-13-11(17)7-10(8-22-13)16(18,19)20/h7-9H,2-6,21H2,1H3,(H,22,23,24,25). The van der Waals surface area contributed by atoms with E-state index in [0.717, 1.165) is 38.8 Å². The van der Waals surface area contributed by atoms with Gasteiger partial charge in [-0.15, -0.1) is 0 Å². The molecule has 27 heavy (non-hydrogen) atoms. The molecule has 0 amide bonds. The molecule has 3 heterocycles. The zero-order valence-corrected chi connectivity index (χ0v) is 15.3. The maximum atomic E-state index is 12.7. The predicted molar refractivity (Wildman–Crippen MR) is 98.3 cm³/mol. The van der Waals surface area contributed by atoms with Crippen molar-refractivity contribution in [2.75, 3.05) is 48.7 Å². The molecule has 1 aliphatic heterocycles. The van der Waals surface area contributed by atoms with E-state index in [1.807, 2.05) is 0 Å². The molecule has 146 valence electrons. The van der Waals surface area contributed by atoms with Crippen LogP contribution in [0.3, 0.4) is 0 Å². The molecule has 1 saturated heterocycles. The summed E-state index contributed by atoms with van der Waals surface area (Å²) >= 11 is 5.93. The van der Waals surface area contributed by atoms with Crippen molar-refractivity contribution < 1.29 is 13.2 Å². The van der Waals surface area contributed by atoms with Crippen LogP contribution < -0.4 is 16.0 Å². The molecule has 7 nitrogen and oxygen atoms in total. The van der Waals surface area contributed by atoms with Crippen LogP contribution in [0.1, 0.15) is 12.5 Å². The predicted octanol–water partition coefficient (Wildman–Crippen LogP) is 3.01. The summed E-state index contributed by atoms with van der Waals surface area (Å²) in [5.41, 5.74) is 5.55. The van der Waals surface area contributed by atoms with Crippen molar-refractivity contribution in [1.82, 2.24) is 19.9 Å². The van der Waals surface area contributed by atoms with E-state index in [-0.39, 0.29) is 16.7 Å². The number of nitrogens with two attached hydrogens (primary N) is 1. The number of rotatable bonds is 4. The Morgan fingerprint density at radius 1 is 1.15 bits per heavy atom. The van der Waals surface area contributed by atoms with Crippen molar-refractivity contribution >= 4 is 34.7 Å². The van der Waals surface area contributed by atoms with Crippen LogP contribution in [-0.2, 0) is 6.18 Å². The first-order chi connectivity index (χ1) is 12.8. The zero-order chi connectivity index (χ0) is 19.6. The third-order valence-electron chi connectivity index (χ3n) is 4.39. The minimum atomic E-state index is -4.52. The van der Waals surface area contributed by atoms with Crippen LogP contribution in [0.15, 0.2) is 18.6 Å². The highest BCUT2D eigenvalue weighted by Gasteiger charge is 2.31. The Kier molecular flexibility index (Phi) is 5.56. The van der Waals surface area contributed by atoms with Gasteiger partial charge in [0.15, 0.2) is 11.6 Å². The average Bonchev–Trinajstić information content (AvgIpc) is 2.64. The maximum absolute atomic E-state index is 12.7. The molecule has 0 unspecified atom stereocenters. The SMILES string of the molecule is CCN1CCN(c2ncnc(Nc3ncc(C(F)(F)F)cc3Cl)c2N)CC1. The minimum Gasteiger partial charge on any atom is -0.393 e. The number of alkyl halides is 3. The van der Waals surface area contributed by atoms with Crippen LogP contribution in [-0.4, -0.2) is 52.6 Å². The monoisotopic (exact) mass is 401 g/mol. The van der Waals surface area contributed by atoms with Crippen LogP contribution in [0, 0.1) is 0 Å². The highest BCUT2D eigenvalue weighted by atomic mass is 35.5. The first-order valence-electron chi connectivity index (χ1n) is 8.37. The van der Waals surface area contributed by atoms with E-state index in [9.17, 15) is 13.2 Å². The van der Waals surface area contributed by atoms with Crippen LogP contribution in [0.4, 0.5) is 36.3 Å². The number of nitrogens with one attached hydrogen (secondary N) is 1. The molecule has 3 N–H and O–H groups in total. The van der Waals surface area contributed by atoms with Gasteiger partial charge in [0.2, 0.25) is 0 Å². The van der Waals surface area contributed by atoms with Gasteiger partial charge in [0.05, 0.1) is 10.6 Å². The second-order valence-electron chi connectivity index (χ2n) is 6.06. The molecule has 1 fully saturated rings. The van der Waals surface area contributed by atoms with Gasteiger partial charge in [-0.05, 0) is 12.6 Å². The van der Waals surface area contributed by atoms with Crippen molar-refractivity contribution in [3.05, 3.63) is 29.2 Å². The molecule has 3 rings (SSSR count). The summed E-state index contributed by atoms with van der Waals surface area (Å²) in [6.45, 7) is 6.43. The molecule has 1 aliphatic rings. The summed E-state index contributed by atoms with van der Waals surface area (Å²) in [5.74, 6) is 0.857. The summed E-state index contributed by atoms with van der Waals surface area (Å²) in [6, 6.07) is 0.805. The number of hydrogen-bond donors (Lipinski definition) is 2. The van der Waals surface area contributed by atoms with Crippen LogP contribution in [0.5, 0.6) is 0 Å². The molecular formula is C16H19ClF3N7. The summed E-state index contributed by atoms with van der Waals surface area (Å²) in [4.78, 5) is 16.4. The van der Waals surface area contributed by atoms with Gasteiger partial charge >= 0.3 is 6.18 Å². The highest BCUT2D eigenvalue weighted by Crippen LogP contribution is 2.34. The van der Waals surface area contributed by atoms with Crippen molar-refractivity contribution in [2.45, 2.75) is 13.1 Å². The van der Waals surface area contributed by atoms with Gasteiger partial charge in [0.25, 0.3) is 0 Å². The van der Waals surface area contributed by atoms with E-state index >= 15 is 0 Å². The molecule has 0 bridgehead atoms. The van der Waals surface area contributed by atoms with Crippen molar-refractivity contribution in [3.8, 4) is 0 Å². The molecular weight excluding hydrogens is 383 g/mol. The number of nitrogen functional groups attached to an aromatic ring is 1. The minimum absolute atomic E-state index is 0.0387. The number of piperazine rings is 1. The fourth-order valence-electron chi connectivity index (χ4n) is 2.81. The molecule has 2 aromatic heterocycles. The van der Waals surface area contributed by atoms with E-state index in [2.05, 4.69) is 37.0 Å². The normalized spacial score (nSPS) is 15.8. The Bertz CT molecular complexity index is 807. The lowest BCUT2D eigenvalue weighted by Gasteiger charge is -2.35. The van der Waals surface area contributed by atoms with Gasteiger partial charge in [-0.2, -0.15) is 13.2 Å². The first kappa shape index (κ1) is 19.4. The molecule has 2 aromatic rings. The second-order valence-corrected chi connectivity index (χ2v) is 6.47. The summed E-state index contributed by atoms with van der Waals surface area (Å²) < 4.78 is 38.2. The smallest absolute Gasteiger partial charge is 0.393 e. The summed E-state index contributed by atoms with van der Waals surface area (Å²) in [7, 11) is 0. The largest absolute Gasteiger partial charge is 0.417 e. The fraction of sp³-hybridized carbons (Fsp3) is 0.438. The van der Waals surface area contributed by atoms with E-state index < -0.39 is 11.7 Å². The van der Waals surface area contributed by atoms with Crippen molar-refractivity contribution in [3.63, 3.8) is 0 Å². The van der Waals surface area contributed by atoms with Gasteiger partial charge in [0, 0.05) is 32.4 Å². The van der Waals surface area contributed by atoms with E-state index in [1.165, 1.54) is 6.33 Å². The Labute approximate surface area is 159 Å². The quantitative estimate of drug-likeness (QED) is 0.814. The second kappa shape index (κ2) is 7.73. The van der Waals surface area contributed by atoms with E-state index in [0.29, 0.717) is 17.7 Å². The molecule has 0 spiro atoms. The third kappa shape index (κ3) is 4.33. The fourth-order valence-corrected chi connectivity index (χ4v) is 3.02. The average molecular weight is 402 g/mol. The Morgan fingerprint density at radius 3 is 2.44 bits per heavy atom. The van der Waals surface area contributed by atoms with Crippen LogP contribution in [0.2, 0.25) is 5.02 Å². The third-order valence-corrected chi connectivity index (χ3v) is 4.68. The van der Waals surface area contributed by atoms with Gasteiger partial charge in [-0.1, -0.05) is 18.5 Å². The van der Waals surface area contributed by atoms with Gasteiger partial charge in [-0.3, -0.25) is 0 Å². The molecule has 0 aliphatic carbocycles. The van der Waals surface area contributed by atoms with Crippen LogP contribution >= 0.6 is 11.6 Å². The molecule has 0 aromatic carbocycles. The zero-order valence-electron chi connectivity index (χ0n) is 14.6. The molecule has 0 radical (unpaired) electrons. The lowest BCUT2D eigenvalue weighted by atomic mass is 10.2. The number of halogens is 4. The lowest BCUT2D eigenvalue weighted by molar-refractivity contribution is -0.137. The van der Waals surface area contributed by atoms with Crippen molar-refractivity contribution in [1.29, 1.82) is 0 Å². The Hall–Kier alpha value is -2.33. The number of anilines is 4. The first-order valence-corrected chi connectivity index (χ1v) is 8.75. The van der Waals surface area contributed by atoms with Gasteiger partial charge in [0.1, 0.15) is 17.8 Å². The molecule has 0 saturated carbocycles. The number of pyridine rings is 1. The number of hydrogen-bond acceptors (Lipinski definition) is 7. The highest BCUT2D eigenvalue weighted by molar-refractivity contribution is 6.33. The van der Waals surface area contributed by atoms with Crippen molar-refractivity contribution in [2.24, 2.45) is 0 Å². The lowest BCUT2D eigenvalue weighted by Crippen LogP contribution is -2.46. The van der Waals surface area contributed by atoms with Gasteiger partial charge < -0.3 is 20.9 Å². The number of likely N-dealkylation sites (N-methyl/N-ethyl adjacent to an activating group) is 1. The topological polar surface area (TPSA) is 83.2 Å². The number of nitrogens with zero attached hydrogens (tertiary/aromatic N) is 5. The molecule has 11 heteroatoms. The van der Waals surface area contributed by atoms with Crippen LogP contribution in [0.25, 0.3) is 0 Å². The Morgan fingerprint density at radius 2 is 1.85 bits per heavy atom. The Balaban J connectivity index is 1.81.